The highest BCUT2D eigenvalue weighted by molar-refractivity contribution is 7.13. The van der Waals surface area contributed by atoms with E-state index < -0.39 is 0 Å². The second-order valence-electron chi connectivity index (χ2n) is 5.58. The SMILES string of the molecule is Cc1ccc(Oc2nnc(CNC(C)(C)C)s2)cc1F. The molecule has 1 heterocycles. The Morgan fingerprint density at radius 3 is 2.70 bits per heavy atom. The summed E-state index contributed by atoms with van der Waals surface area (Å²) in [5, 5.41) is 12.6. The van der Waals surface area contributed by atoms with Crippen LogP contribution in [0.25, 0.3) is 0 Å². The molecule has 0 spiro atoms. The highest BCUT2D eigenvalue weighted by atomic mass is 32.1. The number of benzene rings is 1. The summed E-state index contributed by atoms with van der Waals surface area (Å²) in [6.45, 7) is 8.59. The molecule has 0 bridgehead atoms. The monoisotopic (exact) mass is 295 g/mol. The Hall–Kier alpha value is -1.53. The summed E-state index contributed by atoms with van der Waals surface area (Å²) in [4.78, 5) is 0. The first-order valence-corrected chi connectivity index (χ1v) is 7.16. The summed E-state index contributed by atoms with van der Waals surface area (Å²) < 4.78 is 18.9. The predicted octanol–water partition coefficient (Wildman–Crippen LogP) is 3.67. The van der Waals surface area contributed by atoms with Gasteiger partial charge in [0.25, 0.3) is 5.19 Å². The van der Waals surface area contributed by atoms with E-state index in [1.807, 2.05) is 0 Å². The van der Waals surface area contributed by atoms with Crippen LogP contribution in [0.15, 0.2) is 18.2 Å². The fourth-order valence-electron chi connectivity index (χ4n) is 1.43. The Bertz CT molecular complexity index is 592. The molecule has 6 heteroatoms. The van der Waals surface area contributed by atoms with Gasteiger partial charge in [0.05, 0.1) is 6.54 Å². The molecule has 2 aromatic rings. The van der Waals surface area contributed by atoms with Crippen molar-refractivity contribution in [1.29, 1.82) is 0 Å². The van der Waals surface area contributed by atoms with E-state index in [9.17, 15) is 4.39 Å². The third kappa shape index (κ3) is 4.25. The largest absolute Gasteiger partial charge is 0.430 e. The van der Waals surface area contributed by atoms with Crippen molar-refractivity contribution in [3.63, 3.8) is 0 Å². The number of nitrogens with zero attached hydrogens (tertiary/aromatic N) is 2. The Morgan fingerprint density at radius 2 is 2.05 bits per heavy atom. The number of halogens is 1. The van der Waals surface area contributed by atoms with Crippen molar-refractivity contribution in [2.45, 2.75) is 39.8 Å². The summed E-state index contributed by atoms with van der Waals surface area (Å²) in [7, 11) is 0. The standard InChI is InChI=1S/C14H18FN3OS/c1-9-5-6-10(7-11(9)15)19-13-18-17-12(20-13)8-16-14(2,3)4/h5-7,16H,8H2,1-4H3. The third-order valence-electron chi connectivity index (χ3n) is 2.57. The minimum Gasteiger partial charge on any atom is -0.430 e. The van der Waals surface area contributed by atoms with Gasteiger partial charge in [0, 0.05) is 11.6 Å². The van der Waals surface area contributed by atoms with E-state index >= 15 is 0 Å². The molecule has 108 valence electrons. The molecule has 0 saturated carbocycles. The topological polar surface area (TPSA) is 47.0 Å². The first-order valence-electron chi connectivity index (χ1n) is 6.35. The van der Waals surface area contributed by atoms with Gasteiger partial charge in [-0.1, -0.05) is 22.5 Å². The molecule has 4 nitrogen and oxygen atoms in total. The van der Waals surface area contributed by atoms with Crippen LogP contribution < -0.4 is 10.1 Å². The molecule has 0 amide bonds. The quantitative estimate of drug-likeness (QED) is 0.935. The number of ether oxygens (including phenoxy) is 1. The Labute approximate surface area is 122 Å². The molecule has 1 aromatic heterocycles. The maximum absolute atomic E-state index is 13.4. The maximum Gasteiger partial charge on any atom is 0.299 e. The number of aryl methyl sites for hydroxylation is 1. The number of rotatable bonds is 4. The number of hydrogen-bond acceptors (Lipinski definition) is 5. The van der Waals surface area contributed by atoms with Crippen molar-refractivity contribution in [3.8, 4) is 10.9 Å². The molecular formula is C14H18FN3OS. The van der Waals surface area contributed by atoms with Crippen LogP contribution in [-0.2, 0) is 6.54 Å². The summed E-state index contributed by atoms with van der Waals surface area (Å²) in [6, 6.07) is 4.74. The van der Waals surface area contributed by atoms with Crippen LogP contribution in [0.2, 0.25) is 0 Å². The van der Waals surface area contributed by atoms with Crippen LogP contribution >= 0.6 is 11.3 Å². The average molecular weight is 295 g/mol. The Balaban J connectivity index is 2.00. The summed E-state index contributed by atoms with van der Waals surface area (Å²) in [6.07, 6.45) is 0. The van der Waals surface area contributed by atoms with Gasteiger partial charge in [0.15, 0.2) is 0 Å². The molecule has 0 aliphatic heterocycles. The van der Waals surface area contributed by atoms with Gasteiger partial charge >= 0.3 is 0 Å². The van der Waals surface area contributed by atoms with E-state index in [1.54, 1.807) is 19.1 Å². The van der Waals surface area contributed by atoms with Crippen LogP contribution in [0.1, 0.15) is 31.3 Å². The average Bonchev–Trinajstić information content (AvgIpc) is 2.78. The van der Waals surface area contributed by atoms with Gasteiger partial charge in [-0.05, 0) is 39.3 Å². The van der Waals surface area contributed by atoms with Crippen LogP contribution in [0, 0.1) is 12.7 Å². The molecule has 0 aliphatic rings. The molecule has 2 rings (SSSR count). The highest BCUT2D eigenvalue weighted by Gasteiger charge is 2.12. The molecule has 0 fully saturated rings. The summed E-state index contributed by atoms with van der Waals surface area (Å²) in [5.74, 6) is 0.140. The van der Waals surface area contributed by atoms with Gasteiger partial charge in [-0.15, -0.1) is 5.10 Å². The lowest BCUT2D eigenvalue weighted by Crippen LogP contribution is -2.35. The zero-order valence-corrected chi connectivity index (χ0v) is 12.8. The molecule has 0 radical (unpaired) electrons. The fourth-order valence-corrected chi connectivity index (χ4v) is 2.08. The summed E-state index contributed by atoms with van der Waals surface area (Å²) >= 11 is 1.35. The van der Waals surface area contributed by atoms with E-state index in [2.05, 4.69) is 36.3 Å². The highest BCUT2D eigenvalue weighted by Crippen LogP contribution is 2.26. The first kappa shape index (κ1) is 14.9. The van der Waals surface area contributed by atoms with Crippen LogP contribution in [-0.4, -0.2) is 15.7 Å². The van der Waals surface area contributed by atoms with Crippen LogP contribution in [0.5, 0.6) is 10.9 Å². The normalized spacial score (nSPS) is 11.7. The predicted molar refractivity (Wildman–Crippen MR) is 77.7 cm³/mol. The maximum atomic E-state index is 13.4. The number of hydrogen-bond donors (Lipinski definition) is 1. The molecule has 0 unspecified atom stereocenters. The first-order chi connectivity index (χ1) is 9.33. The van der Waals surface area contributed by atoms with Crippen molar-refractivity contribution >= 4 is 11.3 Å². The second-order valence-corrected chi connectivity index (χ2v) is 6.60. The van der Waals surface area contributed by atoms with E-state index in [-0.39, 0.29) is 11.4 Å². The molecule has 1 aromatic carbocycles. The number of nitrogens with one attached hydrogen (secondary N) is 1. The molecule has 20 heavy (non-hydrogen) atoms. The van der Waals surface area contributed by atoms with Crippen molar-refractivity contribution in [1.82, 2.24) is 15.5 Å². The van der Waals surface area contributed by atoms with Gasteiger partial charge in [-0.25, -0.2) is 4.39 Å². The van der Waals surface area contributed by atoms with Crippen molar-refractivity contribution in [3.05, 3.63) is 34.6 Å². The van der Waals surface area contributed by atoms with E-state index in [0.29, 0.717) is 23.1 Å². The van der Waals surface area contributed by atoms with Crippen molar-refractivity contribution < 1.29 is 9.13 Å². The van der Waals surface area contributed by atoms with Crippen molar-refractivity contribution in [2.75, 3.05) is 0 Å². The smallest absolute Gasteiger partial charge is 0.299 e. The van der Waals surface area contributed by atoms with E-state index in [0.717, 1.165) is 5.01 Å². The summed E-state index contributed by atoms with van der Waals surface area (Å²) in [5.41, 5.74) is 0.608. The van der Waals surface area contributed by atoms with E-state index in [4.69, 9.17) is 4.74 Å². The van der Waals surface area contributed by atoms with Gasteiger partial charge in [0.2, 0.25) is 0 Å². The minimum atomic E-state index is -0.290. The zero-order chi connectivity index (χ0) is 14.8. The lowest BCUT2D eigenvalue weighted by molar-refractivity contribution is 0.423. The minimum absolute atomic E-state index is 0.0206. The zero-order valence-electron chi connectivity index (χ0n) is 12.0. The van der Waals surface area contributed by atoms with Gasteiger partial charge in [0.1, 0.15) is 16.6 Å². The van der Waals surface area contributed by atoms with Crippen LogP contribution in [0.4, 0.5) is 4.39 Å². The second kappa shape index (κ2) is 5.85. The van der Waals surface area contributed by atoms with Crippen molar-refractivity contribution in [2.24, 2.45) is 0 Å². The molecule has 1 N–H and O–H groups in total. The third-order valence-corrected chi connectivity index (χ3v) is 3.37. The molecule has 0 atom stereocenters. The van der Waals surface area contributed by atoms with E-state index in [1.165, 1.54) is 17.4 Å². The lowest BCUT2D eigenvalue weighted by Gasteiger charge is -2.19. The number of aromatic nitrogens is 2. The van der Waals surface area contributed by atoms with Gasteiger partial charge < -0.3 is 10.1 Å². The molecule has 0 saturated heterocycles. The lowest BCUT2D eigenvalue weighted by atomic mass is 10.1. The van der Waals surface area contributed by atoms with Gasteiger partial charge in [-0.3, -0.25) is 0 Å². The molecular weight excluding hydrogens is 277 g/mol. The molecule has 0 aliphatic carbocycles. The Kier molecular flexibility index (Phi) is 4.35. The van der Waals surface area contributed by atoms with Gasteiger partial charge in [-0.2, -0.15) is 0 Å². The Morgan fingerprint density at radius 1 is 1.30 bits per heavy atom. The fraction of sp³-hybridized carbons (Fsp3) is 0.429. The van der Waals surface area contributed by atoms with Crippen LogP contribution in [0.3, 0.4) is 0 Å².